The van der Waals surface area contributed by atoms with Crippen LogP contribution < -0.4 is 29.6 Å². The summed E-state index contributed by atoms with van der Waals surface area (Å²) >= 11 is 6.01. The number of carbonyl (C=O) groups excluding carboxylic acids is 2. The summed E-state index contributed by atoms with van der Waals surface area (Å²) < 4.78 is 20.8. The van der Waals surface area contributed by atoms with Crippen molar-refractivity contribution in [2.24, 2.45) is 0 Å². The first-order valence-corrected chi connectivity index (χ1v) is 8.63. The molecule has 2 aromatic carbocycles. The second-order valence-electron chi connectivity index (χ2n) is 5.42. The van der Waals surface area contributed by atoms with Crippen LogP contribution in [0.4, 0.5) is 5.69 Å². The van der Waals surface area contributed by atoms with Crippen molar-refractivity contribution in [2.45, 2.75) is 0 Å². The number of benzene rings is 2. The molecule has 0 atom stereocenters. The topological polar surface area (TPSA) is 95.1 Å². The monoisotopic (exact) mass is 408 g/mol. The fraction of sp³-hybridized carbons (Fsp3) is 0.263. The van der Waals surface area contributed by atoms with E-state index in [9.17, 15) is 9.59 Å². The van der Waals surface area contributed by atoms with Crippen molar-refractivity contribution in [1.29, 1.82) is 0 Å². The lowest BCUT2D eigenvalue weighted by Crippen LogP contribution is -2.37. The predicted octanol–water partition coefficient (Wildman–Crippen LogP) is 2.50. The van der Waals surface area contributed by atoms with E-state index in [0.29, 0.717) is 28.0 Å². The van der Waals surface area contributed by atoms with E-state index in [1.54, 1.807) is 31.4 Å². The Bertz CT molecular complexity index is 826. The molecule has 0 spiro atoms. The Kier molecular flexibility index (Phi) is 7.76. The van der Waals surface area contributed by atoms with Gasteiger partial charge in [-0.15, -0.1) is 0 Å². The number of halogens is 1. The number of carbonyl (C=O) groups is 2. The maximum atomic E-state index is 12.1. The first-order valence-electron chi connectivity index (χ1n) is 8.26. The summed E-state index contributed by atoms with van der Waals surface area (Å²) in [6, 6.07) is 9.96. The quantitative estimate of drug-likeness (QED) is 0.514. The van der Waals surface area contributed by atoms with Gasteiger partial charge in [0, 0.05) is 12.1 Å². The summed E-state index contributed by atoms with van der Waals surface area (Å²) in [7, 11) is 4.44. The Morgan fingerprint density at radius 1 is 0.893 bits per heavy atom. The molecule has 0 radical (unpaired) electrons. The molecule has 0 saturated carbocycles. The van der Waals surface area contributed by atoms with E-state index in [-0.39, 0.29) is 18.8 Å². The van der Waals surface area contributed by atoms with Crippen LogP contribution in [-0.4, -0.2) is 46.3 Å². The summed E-state index contributed by atoms with van der Waals surface area (Å²) in [6.45, 7) is 0.350. The number of rotatable bonds is 8. The number of ether oxygens (including phenoxy) is 4. The van der Waals surface area contributed by atoms with Gasteiger partial charge in [0.15, 0.2) is 0 Å². The van der Waals surface area contributed by atoms with E-state index < -0.39 is 11.8 Å². The minimum atomic E-state index is -0.855. The molecule has 2 amide bonds. The number of hydrogen-bond acceptors (Lipinski definition) is 6. The fourth-order valence-corrected chi connectivity index (χ4v) is 2.45. The Morgan fingerprint density at radius 3 is 2.14 bits per heavy atom. The van der Waals surface area contributed by atoms with Gasteiger partial charge >= 0.3 is 11.8 Å². The lowest BCUT2D eigenvalue weighted by atomic mass is 10.2. The Morgan fingerprint density at radius 2 is 1.54 bits per heavy atom. The van der Waals surface area contributed by atoms with Gasteiger partial charge in [-0.25, -0.2) is 0 Å². The standard InChI is InChI=1S/C19H21ClN2O6/c1-25-12-4-6-13(7-5-12)28-9-8-21-18(23)19(24)22-15-11-16(26-2)14(20)10-17(15)27-3/h4-7,10-11H,8-9H2,1-3H3,(H,21,23)(H,22,24). The normalized spacial score (nSPS) is 10.0. The first kappa shape index (κ1) is 21.2. The molecule has 0 aliphatic heterocycles. The van der Waals surface area contributed by atoms with Crippen LogP contribution in [0.2, 0.25) is 5.02 Å². The van der Waals surface area contributed by atoms with Crippen LogP contribution >= 0.6 is 11.6 Å². The molecule has 0 unspecified atom stereocenters. The van der Waals surface area contributed by atoms with Gasteiger partial charge in [0.2, 0.25) is 0 Å². The van der Waals surface area contributed by atoms with Crippen molar-refractivity contribution < 1.29 is 28.5 Å². The zero-order valence-electron chi connectivity index (χ0n) is 15.7. The molecule has 9 heteroatoms. The highest BCUT2D eigenvalue weighted by Gasteiger charge is 2.17. The summed E-state index contributed by atoms with van der Waals surface area (Å²) in [5.41, 5.74) is 0.262. The zero-order chi connectivity index (χ0) is 20.5. The van der Waals surface area contributed by atoms with Gasteiger partial charge in [0.1, 0.15) is 29.6 Å². The van der Waals surface area contributed by atoms with Crippen molar-refractivity contribution in [3.05, 3.63) is 41.4 Å². The molecule has 28 heavy (non-hydrogen) atoms. The molecule has 150 valence electrons. The van der Waals surface area contributed by atoms with Gasteiger partial charge < -0.3 is 29.6 Å². The van der Waals surface area contributed by atoms with E-state index in [4.69, 9.17) is 30.5 Å². The zero-order valence-corrected chi connectivity index (χ0v) is 16.5. The highest BCUT2D eigenvalue weighted by Crippen LogP contribution is 2.35. The molecule has 0 aliphatic rings. The maximum Gasteiger partial charge on any atom is 0.313 e. The summed E-state index contributed by atoms with van der Waals surface area (Å²) in [5.74, 6) is 0.311. The van der Waals surface area contributed by atoms with E-state index >= 15 is 0 Å². The Hall–Kier alpha value is -3.13. The van der Waals surface area contributed by atoms with Gasteiger partial charge in [-0.1, -0.05) is 11.6 Å². The SMILES string of the molecule is COc1ccc(OCCNC(=O)C(=O)Nc2cc(OC)c(Cl)cc2OC)cc1. The molecular formula is C19H21ClN2O6. The molecule has 2 N–H and O–H groups in total. The average Bonchev–Trinajstić information content (AvgIpc) is 2.72. The highest BCUT2D eigenvalue weighted by atomic mass is 35.5. The van der Waals surface area contributed by atoms with Crippen LogP contribution in [-0.2, 0) is 9.59 Å². The van der Waals surface area contributed by atoms with Crippen molar-refractivity contribution in [3.8, 4) is 23.0 Å². The second kappa shape index (κ2) is 10.3. The minimum Gasteiger partial charge on any atom is -0.497 e. The van der Waals surface area contributed by atoms with E-state index in [1.165, 1.54) is 26.4 Å². The molecule has 0 heterocycles. The fourth-order valence-electron chi connectivity index (χ4n) is 2.22. The molecule has 0 saturated heterocycles. The summed E-state index contributed by atoms with van der Waals surface area (Å²) in [5, 5.41) is 5.26. The lowest BCUT2D eigenvalue weighted by molar-refractivity contribution is -0.136. The summed E-state index contributed by atoms with van der Waals surface area (Å²) in [6.07, 6.45) is 0. The van der Waals surface area contributed by atoms with Crippen molar-refractivity contribution in [3.63, 3.8) is 0 Å². The Balaban J connectivity index is 1.85. The third-order valence-electron chi connectivity index (χ3n) is 3.64. The van der Waals surface area contributed by atoms with Crippen LogP contribution in [0.25, 0.3) is 0 Å². The van der Waals surface area contributed by atoms with Crippen molar-refractivity contribution in [1.82, 2.24) is 5.32 Å². The molecule has 0 aromatic heterocycles. The second-order valence-corrected chi connectivity index (χ2v) is 5.83. The Labute approximate surface area is 167 Å². The van der Waals surface area contributed by atoms with Gasteiger partial charge in [0.05, 0.1) is 38.6 Å². The van der Waals surface area contributed by atoms with E-state index in [2.05, 4.69) is 10.6 Å². The van der Waals surface area contributed by atoms with Gasteiger partial charge in [0.25, 0.3) is 0 Å². The van der Waals surface area contributed by atoms with Crippen molar-refractivity contribution >= 4 is 29.1 Å². The first-order chi connectivity index (χ1) is 13.5. The van der Waals surface area contributed by atoms with Crippen LogP contribution in [0, 0.1) is 0 Å². The minimum absolute atomic E-state index is 0.152. The summed E-state index contributed by atoms with van der Waals surface area (Å²) in [4.78, 5) is 24.1. The molecule has 8 nitrogen and oxygen atoms in total. The number of hydrogen-bond donors (Lipinski definition) is 2. The van der Waals surface area contributed by atoms with Gasteiger partial charge in [-0.3, -0.25) is 9.59 Å². The van der Waals surface area contributed by atoms with Crippen LogP contribution in [0.1, 0.15) is 0 Å². The largest absolute Gasteiger partial charge is 0.497 e. The van der Waals surface area contributed by atoms with E-state index in [0.717, 1.165) is 0 Å². The molecular weight excluding hydrogens is 388 g/mol. The van der Waals surface area contributed by atoms with Gasteiger partial charge in [-0.05, 0) is 24.3 Å². The number of amides is 2. The van der Waals surface area contributed by atoms with Gasteiger partial charge in [-0.2, -0.15) is 0 Å². The van der Waals surface area contributed by atoms with Crippen LogP contribution in [0.15, 0.2) is 36.4 Å². The van der Waals surface area contributed by atoms with Crippen LogP contribution in [0.3, 0.4) is 0 Å². The van der Waals surface area contributed by atoms with E-state index in [1.807, 2.05) is 0 Å². The number of anilines is 1. The molecule has 0 fully saturated rings. The third kappa shape index (κ3) is 5.68. The van der Waals surface area contributed by atoms with Crippen molar-refractivity contribution in [2.75, 3.05) is 39.8 Å². The molecule has 0 bridgehead atoms. The lowest BCUT2D eigenvalue weighted by Gasteiger charge is -2.13. The number of methoxy groups -OCH3 is 3. The smallest absolute Gasteiger partial charge is 0.313 e. The maximum absolute atomic E-state index is 12.1. The van der Waals surface area contributed by atoms with Crippen LogP contribution in [0.5, 0.6) is 23.0 Å². The highest BCUT2D eigenvalue weighted by molar-refractivity contribution is 6.40. The third-order valence-corrected chi connectivity index (χ3v) is 3.94. The molecule has 0 aliphatic carbocycles. The molecule has 2 rings (SSSR count). The number of nitrogens with one attached hydrogen (secondary N) is 2. The molecule has 2 aromatic rings. The average molecular weight is 409 g/mol. The predicted molar refractivity (Wildman–Crippen MR) is 105 cm³/mol.